The number of benzene rings is 1. The number of carbonyl (C=O) groups excluding carboxylic acids is 1. The lowest BCUT2D eigenvalue weighted by atomic mass is 10.1. The van der Waals surface area contributed by atoms with E-state index in [1.165, 1.54) is 0 Å². The van der Waals surface area contributed by atoms with Gasteiger partial charge < -0.3 is 10.1 Å². The van der Waals surface area contributed by atoms with Crippen LogP contribution in [0.3, 0.4) is 0 Å². The van der Waals surface area contributed by atoms with Gasteiger partial charge in [-0.3, -0.25) is 4.79 Å². The Labute approximate surface area is 111 Å². The van der Waals surface area contributed by atoms with Crippen molar-refractivity contribution in [3.8, 4) is 0 Å². The monoisotopic (exact) mass is 251 g/mol. The third kappa shape index (κ3) is 6.28. The van der Waals surface area contributed by atoms with Crippen LogP contribution in [0.4, 0.5) is 5.69 Å². The van der Waals surface area contributed by atoms with Crippen LogP contribution in [0.2, 0.25) is 0 Å². The number of carbonyl (C=O) groups is 1. The van der Waals surface area contributed by atoms with Gasteiger partial charge in [-0.2, -0.15) is 0 Å². The van der Waals surface area contributed by atoms with Gasteiger partial charge in [0.1, 0.15) is 6.61 Å². The van der Waals surface area contributed by atoms with E-state index in [9.17, 15) is 4.79 Å². The molecule has 0 heterocycles. The largest absolute Gasteiger partial charge is 0.461 e. The molecule has 0 spiro atoms. The SMILES string of the molecule is CC.CCC(=O)OCc1ccccc1NC(C)C. The molecule has 0 amide bonds. The molecule has 0 aliphatic carbocycles. The molecule has 1 rings (SSSR count). The van der Waals surface area contributed by atoms with E-state index >= 15 is 0 Å². The topological polar surface area (TPSA) is 38.3 Å². The van der Waals surface area contributed by atoms with Crippen molar-refractivity contribution in [3.63, 3.8) is 0 Å². The van der Waals surface area contributed by atoms with Crippen LogP contribution in [-0.2, 0) is 16.1 Å². The Hall–Kier alpha value is -1.51. The minimum absolute atomic E-state index is 0.167. The van der Waals surface area contributed by atoms with E-state index in [2.05, 4.69) is 19.2 Å². The summed E-state index contributed by atoms with van der Waals surface area (Å²) in [6.45, 7) is 10.3. The van der Waals surface area contributed by atoms with Crippen molar-refractivity contribution in [2.75, 3.05) is 5.32 Å². The average Bonchev–Trinajstić information content (AvgIpc) is 2.39. The van der Waals surface area contributed by atoms with Crippen LogP contribution in [0.1, 0.15) is 46.6 Å². The number of hydrogen-bond acceptors (Lipinski definition) is 3. The maximum Gasteiger partial charge on any atom is 0.305 e. The Bertz CT molecular complexity index is 348. The van der Waals surface area contributed by atoms with Gasteiger partial charge in [0, 0.05) is 23.7 Å². The van der Waals surface area contributed by atoms with Crippen molar-refractivity contribution in [1.82, 2.24) is 0 Å². The van der Waals surface area contributed by atoms with E-state index < -0.39 is 0 Å². The molecule has 1 aromatic rings. The molecule has 3 nitrogen and oxygen atoms in total. The van der Waals surface area contributed by atoms with Crippen molar-refractivity contribution in [2.24, 2.45) is 0 Å². The Morgan fingerprint density at radius 2 is 1.89 bits per heavy atom. The highest BCUT2D eigenvalue weighted by atomic mass is 16.5. The zero-order chi connectivity index (χ0) is 14.0. The van der Waals surface area contributed by atoms with E-state index in [4.69, 9.17) is 4.74 Å². The van der Waals surface area contributed by atoms with Gasteiger partial charge in [-0.05, 0) is 19.9 Å². The van der Waals surface area contributed by atoms with Gasteiger partial charge in [-0.25, -0.2) is 0 Å². The molecule has 0 atom stereocenters. The van der Waals surface area contributed by atoms with Crippen molar-refractivity contribution >= 4 is 11.7 Å². The Morgan fingerprint density at radius 1 is 1.28 bits per heavy atom. The van der Waals surface area contributed by atoms with Crippen molar-refractivity contribution in [1.29, 1.82) is 0 Å². The Kier molecular flexibility index (Phi) is 8.71. The second-order valence-electron chi connectivity index (χ2n) is 3.97. The Morgan fingerprint density at radius 3 is 2.44 bits per heavy atom. The molecule has 0 aromatic heterocycles. The lowest BCUT2D eigenvalue weighted by Crippen LogP contribution is -2.12. The number of hydrogen-bond donors (Lipinski definition) is 1. The number of nitrogens with one attached hydrogen (secondary N) is 1. The fourth-order valence-corrected chi connectivity index (χ4v) is 1.36. The summed E-state index contributed by atoms with van der Waals surface area (Å²) < 4.78 is 5.12. The summed E-state index contributed by atoms with van der Waals surface area (Å²) in [5.41, 5.74) is 2.04. The first kappa shape index (κ1) is 16.5. The van der Waals surface area contributed by atoms with Crippen LogP contribution in [0.15, 0.2) is 24.3 Å². The molecule has 0 unspecified atom stereocenters. The number of rotatable bonds is 5. The highest BCUT2D eigenvalue weighted by Crippen LogP contribution is 2.17. The molecule has 0 saturated heterocycles. The van der Waals surface area contributed by atoms with Crippen LogP contribution < -0.4 is 5.32 Å². The third-order valence-corrected chi connectivity index (χ3v) is 2.14. The van der Waals surface area contributed by atoms with Gasteiger partial charge in [0.05, 0.1) is 0 Å². The van der Waals surface area contributed by atoms with E-state index in [-0.39, 0.29) is 5.97 Å². The van der Waals surface area contributed by atoms with Crippen molar-refractivity contribution in [2.45, 2.75) is 53.7 Å². The van der Waals surface area contributed by atoms with Crippen molar-refractivity contribution in [3.05, 3.63) is 29.8 Å². The lowest BCUT2D eigenvalue weighted by molar-refractivity contribution is -0.144. The van der Waals surface area contributed by atoms with Crippen LogP contribution >= 0.6 is 0 Å². The molecule has 18 heavy (non-hydrogen) atoms. The molecule has 102 valence electrons. The minimum Gasteiger partial charge on any atom is -0.461 e. The van der Waals surface area contributed by atoms with Crippen LogP contribution in [-0.4, -0.2) is 12.0 Å². The fraction of sp³-hybridized carbons (Fsp3) is 0.533. The van der Waals surface area contributed by atoms with Crippen LogP contribution in [0.5, 0.6) is 0 Å². The van der Waals surface area contributed by atoms with Gasteiger partial charge in [0.15, 0.2) is 0 Å². The first-order valence-corrected chi connectivity index (χ1v) is 6.63. The normalized spacial score (nSPS) is 9.44. The van der Waals surface area contributed by atoms with E-state index in [0.29, 0.717) is 19.1 Å². The maximum absolute atomic E-state index is 11.1. The van der Waals surface area contributed by atoms with Gasteiger partial charge >= 0.3 is 5.97 Å². The van der Waals surface area contributed by atoms with E-state index in [1.54, 1.807) is 6.92 Å². The lowest BCUT2D eigenvalue weighted by Gasteiger charge is -2.14. The summed E-state index contributed by atoms with van der Waals surface area (Å²) in [6, 6.07) is 8.24. The van der Waals surface area contributed by atoms with Gasteiger partial charge in [-0.1, -0.05) is 39.0 Å². The van der Waals surface area contributed by atoms with Crippen LogP contribution in [0, 0.1) is 0 Å². The molecule has 1 aromatic carbocycles. The molecule has 0 bridgehead atoms. The van der Waals surface area contributed by atoms with Crippen molar-refractivity contribution < 1.29 is 9.53 Å². The fourth-order valence-electron chi connectivity index (χ4n) is 1.36. The quantitative estimate of drug-likeness (QED) is 0.804. The Balaban J connectivity index is 0.00000137. The average molecular weight is 251 g/mol. The number of ether oxygens (including phenoxy) is 1. The van der Waals surface area contributed by atoms with Gasteiger partial charge in [0.25, 0.3) is 0 Å². The summed E-state index contributed by atoms with van der Waals surface area (Å²) in [7, 11) is 0. The predicted molar refractivity (Wildman–Crippen MR) is 76.6 cm³/mol. The number of anilines is 1. The van der Waals surface area contributed by atoms with Crippen LogP contribution in [0.25, 0.3) is 0 Å². The molecule has 3 heteroatoms. The zero-order valence-electron chi connectivity index (χ0n) is 12.1. The van der Waals surface area contributed by atoms with E-state index in [1.807, 2.05) is 38.1 Å². The predicted octanol–water partition coefficient (Wildman–Crippen LogP) is 3.99. The smallest absolute Gasteiger partial charge is 0.305 e. The summed E-state index contributed by atoms with van der Waals surface area (Å²) in [5, 5.41) is 3.32. The molecule has 0 aliphatic heterocycles. The number of para-hydroxylation sites is 1. The number of esters is 1. The molecular weight excluding hydrogens is 226 g/mol. The molecule has 0 fully saturated rings. The maximum atomic E-state index is 11.1. The summed E-state index contributed by atoms with van der Waals surface area (Å²) in [4.78, 5) is 11.1. The van der Waals surface area contributed by atoms with E-state index in [0.717, 1.165) is 11.3 Å². The summed E-state index contributed by atoms with van der Waals surface area (Å²) in [6.07, 6.45) is 0.416. The molecule has 0 aliphatic rings. The summed E-state index contributed by atoms with van der Waals surface area (Å²) >= 11 is 0. The third-order valence-electron chi connectivity index (χ3n) is 2.14. The van der Waals surface area contributed by atoms with Gasteiger partial charge in [0.2, 0.25) is 0 Å². The first-order valence-electron chi connectivity index (χ1n) is 6.63. The molecule has 0 saturated carbocycles. The zero-order valence-corrected chi connectivity index (χ0v) is 12.1. The standard InChI is InChI=1S/C13H19NO2.C2H6/c1-4-13(15)16-9-11-7-5-6-8-12(11)14-10(2)3;1-2/h5-8,10,14H,4,9H2,1-3H3;1-2H3. The molecular formula is C15H25NO2. The highest BCUT2D eigenvalue weighted by molar-refractivity contribution is 5.69. The second kappa shape index (κ2) is 9.51. The highest BCUT2D eigenvalue weighted by Gasteiger charge is 2.05. The summed E-state index contributed by atoms with van der Waals surface area (Å²) in [5.74, 6) is -0.167. The first-order chi connectivity index (χ1) is 8.63. The van der Waals surface area contributed by atoms with Gasteiger partial charge in [-0.15, -0.1) is 0 Å². The second-order valence-corrected chi connectivity index (χ2v) is 3.97. The minimum atomic E-state index is -0.167. The molecule has 0 radical (unpaired) electrons. The molecule has 1 N–H and O–H groups in total.